The Balaban J connectivity index is 1.48. The fraction of sp³-hybridized carbons (Fsp3) is 0.0857. The Hall–Kier alpha value is -4.52. The summed E-state index contributed by atoms with van der Waals surface area (Å²) in [7, 11) is -3.69. The minimum Gasteiger partial charge on any atom is -0.306 e. The average Bonchev–Trinajstić information content (AvgIpc) is 3.50. The zero-order chi connectivity index (χ0) is 28.9. The maximum atomic E-state index is 13.6. The number of anilines is 3. The molecule has 1 aliphatic rings. The second-order valence-electron chi connectivity index (χ2n) is 11.1. The quantitative estimate of drug-likeness (QED) is 0.202. The van der Waals surface area contributed by atoms with E-state index >= 15 is 0 Å². The predicted octanol–water partition coefficient (Wildman–Crippen LogP) is 9.23. The number of para-hydroxylation sites is 4. The first kappa shape index (κ1) is 25.2. The van der Waals surface area contributed by atoms with Crippen LogP contribution in [0.1, 0.15) is 16.7 Å². The molecule has 0 saturated carbocycles. The van der Waals surface area contributed by atoms with Crippen molar-refractivity contribution < 1.29 is 8.42 Å². The van der Waals surface area contributed by atoms with Crippen LogP contribution in [0.4, 0.5) is 17.1 Å². The van der Waals surface area contributed by atoms with Crippen LogP contribution in [0.2, 0.25) is 5.02 Å². The van der Waals surface area contributed by atoms with Gasteiger partial charge in [-0.15, -0.1) is 0 Å². The highest BCUT2D eigenvalue weighted by molar-refractivity contribution is 7.92. The van der Waals surface area contributed by atoms with E-state index in [-0.39, 0.29) is 9.79 Å². The summed E-state index contributed by atoms with van der Waals surface area (Å²) in [5, 5.41) is 1.73. The largest absolute Gasteiger partial charge is 0.306 e. The van der Waals surface area contributed by atoms with Gasteiger partial charge in [-0.2, -0.15) is 0 Å². The highest BCUT2D eigenvalue weighted by Gasteiger charge is 2.35. The SMILES string of the molecule is Cc1cc(N2c3ccccc3S(=O)(=O)c3ccccc32)c(Cl)c(-n2c3ccccc3n3c4cc(C)cc(C)c4cc23)c1. The van der Waals surface area contributed by atoms with Gasteiger partial charge in [0.2, 0.25) is 9.84 Å². The lowest BCUT2D eigenvalue weighted by atomic mass is 10.1. The topological polar surface area (TPSA) is 46.7 Å². The Morgan fingerprint density at radius 3 is 1.86 bits per heavy atom. The van der Waals surface area contributed by atoms with E-state index in [9.17, 15) is 8.42 Å². The van der Waals surface area contributed by atoms with Crippen LogP contribution >= 0.6 is 11.6 Å². The van der Waals surface area contributed by atoms with Gasteiger partial charge in [-0.05, 0) is 98.1 Å². The van der Waals surface area contributed by atoms with Crippen LogP contribution in [0, 0.1) is 20.8 Å². The zero-order valence-electron chi connectivity index (χ0n) is 23.3. The summed E-state index contributed by atoms with van der Waals surface area (Å²) in [5.41, 5.74) is 10.5. The number of halogens is 1. The molecule has 0 saturated heterocycles. The van der Waals surface area contributed by atoms with Crippen molar-refractivity contribution in [1.82, 2.24) is 8.97 Å². The van der Waals surface area contributed by atoms with E-state index in [1.165, 1.54) is 16.5 Å². The molecule has 0 N–H and O–H groups in total. The van der Waals surface area contributed by atoms with Gasteiger partial charge < -0.3 is 4.90 Å². The molecule has 0 atom stereocenters. The van der Waals surface area contributed by atoms with Crippen molar-refractivity contribution in [3.8, 4) is 5.69 Å². The third-order valence-electron chi connectivity index (χ3n) is 8.30. The van der Waals surface area contributed by atoms with E-state index in [4.69, 9.17) is 11.6 Å². The first-order valence-corrected chi connectivity index (χ1v) is 15.7. The molecule has 7 aromatic rings. The van der Waals surface area contributed by atoms with Crippen molar-refractivity contribution in [1.29, 1.82) is 0 Å². The number of hydrogen-bond donors (Lipinski definition) is 0. The fourth-order valence-electron chi connectivity index (χ4n) is 6.59. The third-order valence-corrected chi connectivity index (χ3v) is 10.5. The number of aromatic nitrogens is 2. The minimum atomic E-state index is -3.69. The summed E-state index contributed by atoms with van der Waals surface area (Å²) in [6, 6.07) is 33.4. The lowest BCUT2D eigenvalue weighted by molar-refractivity contribution is 0.595. The van der Waals surface area contributed by atoms with Gasteiger partial charge in [0, 0.05) is 5.39 Å². The molecular weight excluding hydrogens is 562 g/mol. The Labute approximate surface area is 248 Å². The smallest absolute Gasteiger partial charge is 0.210 e. The number of imidazole rings is 1. The van der Waals surface area contributed by atoms with Crippen molar-refractivity contribution in [3.63, 3.8) is 0 Å². The number of benzene rings is 5. The lowest BCUT2D eigenvalue weighted by Crippen LogP contribution is -2.22. The average molecular weight is 588 g/mol. The van der Waals surface area contributed by atoms with Gasteiger partial charge in [0.15, 0.2) is 0 Å². The van der Waals surface area contributed by atoms with Gasteiger partial charge in [0.05, 0.1) is 54.1 Å². The normalized spacial score (nSPS) is 14.0. The molecule has 5 nitrogen and oxygen atoms in total. The minimum absolute atomic E-state index is 0.264. The standard InChI is InChI=1S/C35H26ClN3O2S/c1-21-16-23(3)24-20-34-38(29(24)17-21)25-10-4-5-11-26(25)39(34)31-19-22(2)18-30(35(31)36)37-27-12-6-8-14-32(27)42(40,41)33-15-9-7-13-28(33)37/h4-20H,1-3H3. The van der Waals surface area contributed by atoms with E-state index in [0.29, 0.717) is 16.4 Å². The molecule has 0 unspecified atom stereocenters. The maximum Gasteiger partial charge on any atom is 0.210 e. The molecule has 0 spiro atoms. The summed E-state index contributed by atoms with van der Waals surface area (Å²) < 4.78 is 31.8. The second kappa shape index (κ2) is 8.74. The lowest BCUT2D eigenvalue weighted by Gasteiger charge is -2.34. The number of nitrogens with zero attached hydrogens (tertiary/aromatic N) is 3. The Bertz CT molecular complexity index is 2330. The zero-order valence-corrected chi connectivity index (χ0v) is 24.8. The number of aryl methyl sites for hydroxylation is 3. The summed E-state index contributed by atoms with van der Waals surface area (Å²) >= 11 is 7.44. The summed E-state index contributed by atoms with van der Waals surface area (Å²) in [4.78, 5) is 2.51. The van der Waals surface area contributed by atoms with Crippen molar-refractivity contribution >= 4 is 66.1 Å². The van der Waals surface area contributed by atoms with Gasteiger partial charge in [-0.3, -0.25) is 8.97 Å². The van der Waals surface area contributed by atoms with E-state index in [0.717, 1.165) is 39.1 Å². The van der Waals surface area contributed by atoms with Crippen LogP contribution in [-0.4, -0.2) is 17.4 Å². The van der Waals surface area contributed by atoms with Gasteiger partial charge >= 0.3 is 0 Å². The van der Waals surface area contributed by atoms with E-state index in [2.05, 4.69) is 65.3 Å². The van der Waals surface area contributed by atoms with Crippen LogP contribution in [0.5, 0.6) is 0 Å². The molecular formula is C35H26ClN3O2S. The van der Waals surface area contributed by atoms with E-state index in [1.54, 1.807) is 24.3 Å². The van der Waals surface area contributed by atoms with E-state index in [1.807, 2.05) is 48.2 Å². The molecule has 0 bridgehead atoms. The molecule has 5 aromatic carbocycles. The van der Waals surface area contributed by atoms with Crippen molar-refractivity contribution in [3.05, 3.63) is 125 Å². The van der Waals surface area contributed by atoms with Crippen LogP contribution in [0.3, 0.4) is 0 Å². The van der Waals surface area contributed by atoms with Crippen LogP contribution in [0.15, 0.2) is 113 Å². The first-order valence-electron chi connectivity index (χ1n) is 13.8. The highest BCUT2D eigenvalue weighted by Crippen LogP contribution is 2.51. The molecule has 0 fully saturated rings. The van der Waals surface area contributed by atoms with E-state index < -0.39 is 9.84 Å². The molecule has 0 aliphatic carbocycles. The van der Waals surface area contributed by atoms with Crippen molar-refractivity contribution in [2.75, 3.05) is 4.90 Å². The van der Waals surface area contributed by atoms with Gasteiger partial charge in [-0.1, -0.05) is 54.1 Å². The Morgan fingerprint density at radius 2 is 1.17 bits per heavy atom. The Kier molecular flexibility index (Phi) is 5.25. The van der Waals surface area contributed by atoms with Crippen molar-refractivity contribution in [2.45, 2.75) is 30.6 Å². The molecule has 0 radical (unpaired) electrons. The van der Waals surface area contributed by atoms with Gasteiger partial charge in [-0.25, -0.2) is 8.42 Å². The fourth-order valence-corrected chi connectivity index (χ4v) is 8.49. The first-order chi connectivity index (χ1) is 20.3. The molecule has 0 amide bonds. The maximum absolute atomic E-state index is 13.6. The van der Waals surface area contributed by atoms with Crippen LogP contribution < -0.4 is 4.90 Å². The molecule has 1 aliphatic heterocycles. The van der Waals surface area contributed by atoms with Gasteiger partial charge in [0.25, 0.3) is 0 Å². The summed E-state index contributed by atoms with van der Waals surface area (Å²) in [6.07, 6.45) is 0. The number of sulfone groups is 1. The molecule has 7 heteroatoms. The second-order valence-corrected chi connectivity index (χ2v) is 13.3. The monoisotopic (exact) mass is 587 g/mol. The Morgan fingerprint density at radius 1 is 0.595 bits per heavy atom. The number of rotatable bonds is 2. The summed E-state index contributed by atoms with van der Waals surface area (Å²) in [6.45, 7) is 6.33. The number of fused-ring (bicyclic) bond motifs is 7. The van der Waals surface area contributed by atoms with Gasteiger partial charge in [0.1, 0.15) is 5.65 Å². The highest BCUT2D eigenvalue weighted by atomic mass is 35.5. The molecule has 8 rings (SSSR count). The van der Waals surface area contributed by atoms with Crippen LogP contribution in [-0.2, 0) is 9.84 Å². The summed E-state index contributed by atoms with van der Waals surface area (Å²) in [5.74, 6) is 0. The molecule has 206 valence electrons. The predicted molar refractivity (Wildman–Crippen MR) is 171 cm³/mol. The van der Waals surface area contributed by atoms with Crippen LogP contribution in [0.25, 0.3) is 33.3 Å². The number of hydrogen-bond acceptors (Lipinski definition) is 3. The molecule has 3 heterocycles. The molecule has 2 aromatic heterocycles. The van der Waals surface area contributed by atoms with Crippen molar-refractivity contribution in [2.24, 2.45) is 0 Å². The molecule has 42 heavy (non-hydrogen) atoms. The third kappa shape index (κ3) is 3.33.